The van der Waals surface area contributed by atoms with Gasteiger partial charge < -0.3 is 4.74 Å². The molecule has 2 aromatic rings. The molecule has 0 radical (unpaired) electrons. The summed E-state index contributed by atoms with van der Waals surface area (Å²) in [6.45, 7) is 2.45. The minimum atomic E-state index is 0.0365. The summed E-state index contributed by atoms with van der Waals surface area (Å²) in [5.41, 5.74) is 3.60. The molecule has 17 heavy (non-hydrogen) atoms. The third kappa shape index (κ3) is 3.23. The Labute approximate surface area is 104 Å². The molecule has 0 aliphatic heterocycles. The quantitative estimate of drug-likeness (QED) is 0.628. The number of nitrogen functional groups attached to an aromatic ring is 1. The van der Waals surface area contributed by atoms with E-state index in [9.17, 15) is 0 Å². The lowest BCUT2D eigenvalue weighted by Crippen LogP contribution is -2.05. The van der Waals surface area contributed by atoms with Crippen molar-refractivity contribution >= 4 is 16.5 Å². The van der Waals surface area contributed by atoms with E-state index in [1.165, 1.54) is 11.3 Å². The smallest absolute Gasteiger partial charge is 0.219 e. The van der Waals surface area contributed by atoms with Crippen LogP contribution in [-0.2, 0) is 11.3 Å². The fourth-order valence-corrected chi connectivity index (χ4v) is 1.96. The first kappa shape index (κ1) is 12.0. The molecule has 0 saturated heterocycles. The highest BCUT2D eigenvalue weighted by atomic mass is 32.1. The van der Waals surface area contributed by atoms with Gasteiger partial charge >= 0.3 is 0 Å². The van der Waals surface area contributed by atoms with Crippen molar-refractivity contribution in [2.75, 3.05) is 5.43 Å². The van der Waals surface area contributed by atoms with E-state index in [-0.39, 0.29) is 6.10 Å². The Hall–Kier alpha value is -1.50. The molecule has 3 N–H and O–H groups in total. The summed E-state index contributed by atoms with van der Waals surface area (Å²) in [6.07, 6.45) is 0.0365. The van der Waals surface area contributed by atoms with E-state index in [2.05, 4.69) is 15.6 Å². The van der Waals surface area contributed by atoms with Crippen LogP contribution in [-0.4, -0.2) is 10.2 Å². The Morgan fingerprint density at radius 2 is 2.12 bits per heavy atom. The van der Waals surface area contributed by atoms with E-state index in [0.29, 0.717) is 11.7 Å². The van der Waals surface area contributed by atoms with Crippen molar-refractivity contribution in [2.24, 2.45) is 5.84 Å². The maximum absolute atomic E-state index is 5.71. The average molecular weight is 250 g/mol. The molecule has 1 heterocycles. The third-order valence-corrected chi connectivity index (χ3v) is 3.14. The van der Waals surface area contributed by atoms with Crippen molar-refractivity contribution < 1.29 is 4.74 Å². The van der Waals surface area contributed by atoms with Crippen molar-refractivity contribution in [1.29, 1.82) is 0 Å². The second-order valence-corrected chi connectivity index (χ2v) is 4.57. The standard InChI is InChI=1S/C11H14N4OS/c1-8(9-5-3-2-4-6-9)16-7-10-14-15-11(13-12)17-10/h2-6,8H,7,12H2,1H3,(H,13,15). The molecule has 5 nitrogen and oxygen atoms in total. The van der Waals surface area contributed by atoms with Gasteiger partial charge in [-0.3, -0.25) is 5.43 Å². The van der Waals surface area contributed by atoms with Gasteiger partial charge in [-0.25, -0.2) is 5.84 Å². The van der Waals surface area contributed by atoms with E-state index in [1.54, 1.807) is 0 Å². The second kappa shape index (κ2) is 5.72. The summed E-state index contributed by atoms with van der Waals surface area (Å²) in [5.74, 6) is 5.23. The Balaban J connectivity index is 1.90. The van der Waals surface area contributed by atoms with Gasteiger partial charge in [0.1, 0.15) is 11.6 Å². The molecule has 1 aromatic heterocycles. The van der Waals surface area contributed by atoms with Crippen LogP contribution in [0.15, 0.2) is 30.3 Å². The molecule has 0 aliphatic carbocycles. The number of anilines is 1. The number of hydrogen-bond donors (Lipinski definition) is 2. The molecule has 0 bridgehead atoms. The number of nitrogens with one attached hydrogen (secondary N) is 1. The van der Waals surface area contributed by atoms with Crippen molar-refractivity contribution in [3.05, 3.63) is 40.9 Å². The van der Waals surface area contributed by atoms with Gasteiger partial charge in [-0.05, 0) is 12.5 Å². The maximum Gasteiger partial charge on any atom is 0.219 e. The summed E-state index contributed by atoms with van der Waals surface area (Å²) >= 11 is 1.39. The van der Waals surface area contributed by atoms with Crippen LogP contribution in [0.25, 0.3) is 0 Å². The van der Waals surface area contributed by atoms with Crippen LogP contribution >= 0.6 is 11.3 Å². The first-order valence-corrected chi connectivity index (χ1v) is 6.07. The van der Waals surface area contributed by atoms with Crippen LogP contribution in [0.2, 0.25) is 0 Å². The average Bonchev–Trinajstić information content (AvgIpc) is 2.85. The fourth-order valence-electron chi connectivity index (χ4n) is 1.39. The van der Waals surface area contributed by atoms with Gasteiger partial charge in [0, 0.05) is 0 Å². The summed E-state index contributed by atoms with van der Waals surface area (Å²) in [6, 6.07) is 10.1. The lowest BCUT2D eigenvalue weighted by molar-refractivity contribution is 0.0521. The minimum absolute atomic E-state index is 0.0365. The van der Waals surface area contributed by atoms with E-state index in [0.717, 1.165) is 10.6 Å². The SMILES string of the molecule is CC(OCc1nnc(NN)s1)c1ccccc1. The third-order valence-electron chi connectivity index (χ3n) is 2.32. The zero-order chi connectivity index (χ0) is 12.1. The Kier molecular flexibility index (Phi) is 4.03. The summed E-state index contributed by atoms with van der Waals surface area (Å²) < 4.78 is 5.71. The topological polar surface area (TPSA) is 73.1 Å². The number of ether oxygens (including phenoxy) is 1. The molecule has 2 rings (SSSR count). The van der Waals surface area contributed by atoms with E-state index < -0.39 is 0 Å². The number of hydrazine groups is 1. The molecule has 1 atom stereocenters. The Bertz CT molecular complexity index is 460. The molecular formula is C11H14N4OS. The van der Waals surface area contributed by atoms with Crippen LogP contribution in [0.1, 0.15) is 23.6 Å². The molecule has 1 aromatic carbocycles. The molecular weight excluding hydrogens is 236 g/mol. The van der Waals surface area contributed by atoms with Crippen molar-refractivity contribution in [2.45, 2.75) is 19.6 Å². The van der Waals surface area contributed by atoms with Crippen molar-refractivity contribution in [3.63, 3.8) is 0 Å². The number of nitrogens with zero attached hydrogens (tertiary/aromatic N) is 2. The molecule has 0 amide bonds. The molecule has 1 unspecified atom stereocenters. The molecule has 0 aliphatic rings. The van der Waals surface area contributed by atoms with Gasteiger partial charge in [0.05, 0.1) is 6.10 Å². The number of benzene rings is 1. The van der Waals surface area contributed by atoms with Crippen molar-refractivity contribution in [1.82, 2.24) is 10.2 Å². The highest BCUT2D eigenvalue weighted by Crippen LogP contribution is 2.20. The van der Waals surface area contributed by atoms with Gasteiger partial charge in [0.25, 0.3) is 0 Å². The maximum atomic E-state index is 5.71. The van der Waals surface area contributed by atoms with E-state index >= 15 is 0 Å². The first-order chi connectivity index (χ1) is 8.29. The number of rotatable bonds is 5. The van der Waals surface area contributed by atoms with Gasteiger partial charge in [0.15, 0.2) is 0 Å². The van der Waals surface area contributed by atoms with Gasteiger partial charge in [-0.15, -0.1) is 10.2 Å². The van der Waals surface area contributed by atoms with Crippen LogP contribution in [0.3, 0.4) is 0 Å². The normalized spacial score (nSPS) is 12.4. The summed E-state index contributed by atoms with van der Waals surface area (Å²) in [4.78, 5) is 0. The first-order valence-electron chi connectivity index (χ1n) is 5.25. The van der Waals surface area contributed by atoms with Gasteiger partial charge in [0.2, 0.25) is 5.13 Å². The zero-order valence-corrected chi connectivity index (χ0v) is 10.3. The summed E-state index contributed by atoms with van der Waals surface area (Å²) in [5, 5.41) is 9.19. The number of nitrogens with two attached hydrogens (primary N) is 1. The number of aromatic nitrogens is 2. The van der Waals surface area contributed by atoms with Crippen LogP contribution < -0.4 is 11.3 Å². The van der Waals surface area contributed by atoms with Crippen LogP contribution in [0, 0.1) is 0 Å². The largest absolute Gasteiger partial charge is 0.367 e. The highest BCUT2D eigenvalue weighted by molar-refractivity contribution is 7.15. The summed E-state index contributed by atoms with van der Waals surface area (Å²) in [7, 11) is 0. The Morgan fingerprint density at radius 3 is 2.76 bits per heavy atom. The fraction of sp³-hybridized carbons (Fsp3) is 0.273. The monoisotopic (exact) mass is 250 g/mol. The van der Waals surface area contributed by atoms with Gasteiger partial charge in [-0.2, -0.15) is 0 Å². The minimum Gasteiger partial charge on any atom is -0.367 e. The molecule has 0 saturated carbocycles. The number of hydrogen-bond acceptors (Lipinski definition) is 6. The van der Waals surface area contributed by atoms with E-state index in [1.807, 2.05) is 37.3 Å². The van der Waals surface area contributed by atoms with Crippen molar-refractivity contribution in [3.8, 4) is 0 Å². The predicted molar refractivity (Wildman–Crippen MR) is 67.4 cm³/mol. The predicted octanol–water partition coefficient (Wildman–Crippen LogP) is 2.10. The lowest BCUT2D eigenvalue weighted by Gasteiger charge is -2.11. The lowest BCUT2D eigenvalue weighted by atomic mass is 10.1. The molecule has 0 spiro atoms. The molecule has 6 heteroatoms. The van der Waals surface area contributed by atoms with Crippen LogP contribution in [0.4, 0.5) is 5.13 Å². The van der Waals surface area contributed by atoms with Crippen LogP contribution in [0.5, 0.6) is 0 Å². The van der Waals surface area contributed by atoms with E-state index in [4.69, 9.17) is 10.6 Å². The second-order valence-electron chi connectivity index (χ2n) is 3.51. The highest BCUT2D eigenvalue weighted by Gasteiger charge is 2.08. The Morgan fingerprint density at radius 1 is 1.35 bits per heavy atom. The van der Waals surface area contributed by atoms with Gasteiger partial charge in [-0.1, -0.05) is 41.7 Å². The zero-order valence-electron chi connectivity index (χ0n) is 9.46. The molecule has 0 fully saturated rings. The molecule has 90 valence electrons.